The molecule has 1 aromatic carbocycles. The number of nitrogens with zero attached hydrogens (tertiary/aromatic N) is 1. The molecule has 0 spiro atoms. The molecule has 1 aliphatic rings. The first-order valence-electron chi connectivity index (χ1n) is 6.24. The highest BCUT2D eigenvalue weighted by atomic mass is 19.1. The van der Waals surface area contributed by atoms with Crippen LogP contribution in [0.3, 0.4) is 0 Å². The summed E-state index contributed by atoms with van der Waals surface area (Å²) < 4.78 is 18.9. The average Bonchev–Trinajstić information content (AvgIpc) is 2.82. The predicted molar refractivity (Wildman–Crippen MR) is 69.2 cm³/mol. The van der Waals surface area contributed by atoms with Gasteiger partial charge < -0.3 is 14.7 Å². The summed E-state index contributed by atoms with van der Waals surface area (Å²) in [6.07, 6.45) is 0.352. The molecule has 1 heterocycles. The van der Waals surface area contributed by atoms with Crippen molar-refractivity contribution in [2.45, 2.75) is 13.3 Å². The van der Waals surface area contributed by atoms with E-state index >= 15 is 0 Å². The van der Waals surface area contributed by atoms with Crippen LogP contribution >= 0.6 is 0 Å². The fourth-order valence-corrected chi connectivity index (χ4v) is 2.35. The number of carboxylic acids is 1. The number of hydrogen-bond acceptors (Lipinski definition) is 3. The average molecular weight is 281 g/mol. The summed E-state index contributed by atoms with van der Waals surface area (Å²) in [7, 11) is 1.36. The molecule has 0 aromatic heterocycles. The molecular formula is C14H16FNO4. The van der Waals surface area contributed by atoms with Crippen LogP contribution in [0.2, 0.25) is 0 Å². The molecule has 0 aliphatic carbocycles. The van der Waals surface area contributed by atoms with Gasteiger partial charge in [0.25, 0.3) is 5.91 Å². The Morgan fingerprint density at radius 1 is 1.45 bits per heavy atom. The first kappa shape index (κ1) is 14.3. The van der Waals surface area contributed by atoms with E-state index < -0.39 is 23.1 Å². The predicted octanol–water partition coefficient (Wildman–Crippen LogP) is 1.77. The van der Waals surface area contributed by atoms with E-state index in [0.29, 0.717) is 13.0 Å². The highest BCUT2D eigenvalue weighted by Gasteiger charge is 2.43. The molecule has 108 valence electrons. The molecule has 1 saturated heterocycles. The lowest BCUT2D eigenvalue weighted by Crippen LogP contribution is -2.35. The second kappa shape index (κ2) is 5.11. The van der Waals surface area contributed by atoms with E-state index in [1.165, 1.54) is 30.2 Å². The Bertz CT molecular complexity index is 560. The summed E-state index contributed by atoms with van der Waals surface area (Å²) >= 11 is 0. The van der Waals surface area contributed by atoms with Gasteiger partial charge in [-0.25, -0.2) is 4.39 Å². The van der Waals surface area contributed by atoms with Gasteiger partial charge in [0, 0.05) is 13.1 Å². The highest BCUT2D eigenvalue weighted by molar-refractivity contribution is 5.97. The fourth-order valence-electron chi connectivity index (χ4n) is 2.35. The lowest BCUT2D eigenvalue weighted by molar-refractivity contribution is -0.147. The van der Waals surface area contributed by atoms with Gasteiger partial charge in [0.1, 0.15) is 17.1 Å². The number of rotatable bonds is 3. The molecule has 1 aromatic rings. The maximum absolute atomic E-state index is 13.8. The van der Waals surface area contributed by atoms with Crippen LogP contribution in [0.25, 0.3) is 0 Å². The number of carbonyl (C=O) groups excluding carboxylic acids is 1. The minimum absolute atomic E-state index is 0.0681. The van der Waals surface area contributed by atoms with Gasteiger partial charge in [-0.3, -0.25) is 9.59 Å². The topological polar surface area (TPSA) is 66.8 Å². The van der Waals surface area contributed by atoms with Gasteiger partial charge in [0.05, 0.1) is 12.5 Å². The minimum atomic E-state index is -0.978. The van der Waals surface area contributed by atoms with E-state index in [-0.39, 0.29) is 17.9 Å². The van der Waals surface area contributed by atoms with E-state index in [2.05, 4.69) is 0 Å². The fraction of sp³-hybridized carbons (Fsp3) is 0.429. The number of halogens is 1. The van der Waals surface area contributed by atoms with Gasteiger partial charge in [0.2, 0.25) is 0 Å². The molecule has 1 unspecified atom stereocenters. The molecule has 1 amide bonds. The van der Waals surface area contributed by atoms with Crippen molar-refractivity contribution in [3.05, 3.63) is 29.6 Å². The van der Waals surface area contributed by atoms with Gasteiger partial charge in [0.15, 0.2) is 0 Å². The molecule has 1 atom stereocenters. The summed E-state index contributed by atoms with van der Waals surface area (Å²) in [6, 6.07) is 4.14. The zero-order valence-corrected chi connectivity index (χ0v) is 11.4. The number of likely N-dealkylation sites (tertiary alicyclic amines) is 1. The van der Waals surface area contributed by atoms with Crippen LogP contribution in [-0.2, 0) is 4.79 Å². The van der Waals surface area contributed by atoms with Crippen LogP contribution in [0.1, 0.15) is 23.7 Å². The largest absolute Gasteiger partial charge is 0.496 e. The standard InChI is InChI=1S/C14H16FNO4/c1-14(13(18)19)6-7-16(8-14)12(17)11-9(15)4-3-5-10(11)20-2/h3-5H,6-8H2,1-2H3,(H,18,19). The Morgan fingerprint density at radius 3 is 2.70 bits per heavy atom. The van der Waals surface area contributed by atoms with Crippen LogP contribution in [-0.4, -0.2) is 42.1 Å². The van der Waals surface area contributed by atoms with E-state index in [1.807, 2.05) is 0 Å². The summed E-state index contributed by atoms with van der Waals surface area (Å²) in [6.45, 7) is 1.94. The molecule has 0 radical (unpaired) electrons. The lowest BCUT2D eigenvalue weighted by Gasteiger charge is -2.21. The molecule has 0 bridgehead atoms. The highest BCUT2D eigenvalue weighted by Crippen LogP contribution is 2.32. The van der Waals surface area contributed by atoms with Gasteiger partial charge in [-0.1, -0.05) is 6.07 Å². The summed E-state index contributed by atoms with van der Waals surface area (Å²) in [5.74, 6) is -2.00. The Morgan fingerprint density at radius 2 is 2.15 bits per heavy atom. The van der Waals surface area contributed by atoms with Crippen molar-refractivity contribution >= 4 is 11.9 Å². The molecule has 1 N–H and O–H groups in total. The number of hydrogen-bond donors (Lipinski definition) is 1. The smallest absolute Gasteiger partial charge is 0.311 e. The first-order chi connectivity index (χ1) is 9.39. The van der Waals surface area contributed by atoms with Crippen LogP contribution in [0.15, 0.2) is 18.2 Å². The summed E-state index contributed by atoms with van der Waals surface area (Å²) in [5.41, 5.74) is -1.13. The summed E-state index contributed by atoms with van der Waals surface area (Å²) in [5, 5.41) is 9.16. The second-order valence-electron chi connectivity index (χ2n) is 5.16. The molecular weight excluding hydrogens is 265 g/mol. The van der Waals surface area contributed by atoms with Crippen molar-refractivity contribution in [1.82, 2.24) is 4.90 Å². The van der Waals surface area contributed by atoms with E-state index in [1.54, 1.807) is 6.92 Å². The van der Waals surface area contributed by atoms with Gasteiger partial charge in [-0.05, 0) is 25.5 Å². The van der Waals surface area contributed by atoms with Gasteiger partial charge in [-0.15, -0.1) is 0 Å². The Labute approximate surface area is 116 Å². The van der Waals surface area contributed by atoms with E-state index in [4.69, 9.17) is 9.84 Å². The van der Waals surface area contributed by atoms with Crippen LogP contribution < -0.4 is 4.74 Å². The number of amides is 1. The number of benzene rings is 1. The number of carbonyl (C=O) groups is 2. The second-order valence-corrected chi connectivity index (χ2v) is 5.16. The molecule has 6 heteroatoms. The number of carboxylic acid groups (broad SMARTS) is 1. The maximum Gasteiger partial charge on any atom is 0.311 e. The Kier molecular flexibility index (Phi) is 3.65. The van der Waals surface area contributed by atoms with Crippen LogP contribution in [0.4, 0.5) is 4.39 Å². The van der Waals surface area contributed by atoms with Gasteiger partial charge in [-0.2, -0.15) is 0 Å². The van der Waals surface area contributed by atoms with Gasteiger partial charge >= 0.3 is 5.97 Å². The van der Waals surface area contributed by atoms with Crippen molar-refractivity contribution in [3.8, 4) is 5.75 Å². The van der Waals surface area contributed by atoms with Crippen molar-refractivity contribution in [1.29, 1.82) is 0 Å². The summed E-state index contributed by atoms with van der Waals surface area (Å²) in [4.78, 5) is 24.9. The number of ether oxygens (including phenoxy) is 1. The quantitative estimate of drug-likeness (QED) is 0.917. The molecule has 1 aliphatic heterocycles. The van der Waals surface area contributed by atoms with E-state index in [9.17, 15) is 14.0 Å². The van der Waals surface area contributed by atoms with Crippen molar-refractivity contribution in [2.75, 3.05) is 20.2 Å². The van der Waals surface area contributed by atoms with Crippen molar-refractivity contribution in [2.24, 2.45) is 5.41 Å². The van der Waals surface area contributed by atoms with Crippen molar-refractivity contribution in [3.63, 3.8) is 0 Å². The molecule has 2 rings (SSSR count). The normalized spacial score (nSPS) is 21.9. The zero-order chi connectivity index (χ0) is 14.9. The molecule has 0 saturated carbocycles. The minimum Gasteiger partial charge on any atom is -0.496 e. The molecule has 5 nitrogen and oxygen atoms in total. The monoisotopic (exact) mass is 281 g/mol. The SMILES string of the molecule is COc1cccc(F)c1C(=O)N1CCC(C)(C(=O)O)C1. The first-order valence-corrected chi connectivity index (χ1v) is 6.24. The maximum atomic E-state index is 13.8. The number of methoxy groups -OCH3 is 1. The third kappa shape index (κ3) is 2.33. The molecule has 1 fully saturated rings. The molecule has 20 heavy (non-hydrogen) atoms. The third-order valence-electron chi connectivity index (χ3n) is 3.69. The van der Waals surface area contributed by atoms with Crippen molar-refractivity contribution < 1.29 is 23.8 Å². The van der Waals surface area contributed by atoms with Crippen LogP contribution in [0, 0.1) is 11.2 Å². The van der Waals surface area contributed by atoms with Crippen LogP contribution in [0.5, 0.6) is 5.75 Å². The Balaban J connectivity index is 2.28. The lowest BCUT2D eigenvalue weighted by atomic mass is 9.90. The van der Waals surface area contributed by atoms with E-state index in [0.717, 1.165) is 0 Å². The third-order valence-corrected chi connectivity index (χ3v) is 3.69. The Hall–Kier alpha value is -2.11. The number of aliphatic carboxylic acids is 1. The zero-order valence-electron chi connectivity index (χ0n) is 11.4.